The fraction of sp³-hybridized carbons (Fsp3) is 0.310. The molecule has 2 unspecified atom stereocenters. The average Bonchev–Trinajstić information content (AvgIpc) is 2.91. The van der Waals surface area contributed by atoms with Gasteiger partial charge in [-0.2, -0.15) is 0 Å². The Labute approximate surface area is 244 Å². The topological polar surface area (TPSA) is 86.8 Å². The zero-order valence-corrected chi connectivity index (χ0v) is 25.0. The normalized spacial score (nSPS) is 12.9. The molecule has 0 aliphatic rings. The van der Waals surface area contributed by atoms with Crippen molar-refractivity contribution in [2.24, 2.45) is 0 Å². The Hall–Kier alpha value is -3.14. The van der Waals surface area contributed by atoms with Crippen molar-refractivity contribution in [3.05, 3.63) is 93.7 Å². The molecule has 2 atom stereocenters. The highest BCUT2D eigenvalue weighted by molar-refractivity contribution is 7.92. The van der Waals surface area contributed by atoms with Gasteiger partial charge in [0.25, 0.3) is 10.0 Å². The van der Waals surface area contributed by atoms with E-state index in [2.05, 4.69) is 5.32 Å². The maximum atomic E-state index is 15.0. The largest absolute Gasteiger partial charge is 0.352 e. The van der Waals surface area contributed by atoms with E-state index < -0.39 is 40.2 Å². The second-order valence-corrected chi connectivity index (χ2v) is 12.2. The number of anilines is 1. The number of carbonyl (C=O) groups is 2. The molecule has 11 heteroatoms. The molecule has 3 aromatic carbocycles. The first kappa shape index (κ1) is 31.4. The summed E-state index contributed by atoms with van der Waals surface area (Å²) in [7, 11) is -4.38. The molecule has 0 aliphatic heterocycles. The number of rotatable bonds is 11. The predicted molar refractivity (Wildman–Crippen MR) is 156 cm³/mol. The van der Waals surface area contributed by atoms with Crippen LogP contribution in [0.1, 0.15) is 38.3 Å². The van der Waals surface area contributed by atoms with Crippen LogP contribution >= 0.6 is 23.2 Å². The van der Waals surface area contributed by atoms with Crippen molar-refractivity contribution in [3.8, 4) is 0 Å². The lowest BCUT2D eigenvalue weighted by atomic mass is 10.1. The molecule has 1 N–H and O–H groups in total. The van der Waals surface area contributed by atoms with Crippen molar-refractivity contribution in [3.63, 3.8) is 0 Å². The quantitative estimate of drug-likeness (QED) is 0.291. The van der Waals surface area contributed by atoms with Gasteiger partial charge in [-0.1, -0.05) is 66.0 Å². The van der Waals surface area contributed by atoms with Crippen LogP contribution in [0.5, 0.6) is 0 Å². The number of carbonyl (C=O) groups excluding carboxylic acids is 2. The number of hydrogen-bond acceptors (Lipinski definition) is 4. The van der Waals surface area contributed by atoms with Crippen LogP contribution in [-0.2, 0) is 26.2 Å². The average molecular weight is 609 g/mol. The second-order valence-electron chi connectivity index (χ2n) is 9.53. The van der Waals surface area contributed by atoms with Crippen molar-refractivity contribution >= 4 is 50.7 Å². The van der Waals surface area contributed by atoms with Crippen LogP contribution in [0.3, 0.4) is 0 Å². The van der Waals surface area contributed by atoms with Crippen molar-refractivity contribution < 1.29 is 22.4 Å². The maximum Gasteiger partial charge on any atom is 0.264 e. The van der Waals surface area contributed by atoms with Crippen LogP contribution in [0.25, 0.3) is 0 Å². The molecule has 0 saturated carbocycles. The van der Waals surface area contributed by atoms with E-state index in [1.165, 1.54) is 41.3 Å². The van der Waals surface area contributed by atoms with Crippen molar-refractivity contribution in [2.45, 2.75) is 57.6 Å². The van der Waals surface area contributed by atoms with Gasteiger partial charge in [0.15, 0.2) is 0 Å². The van der Waals surface area contributed by atoms with Crippen LogP contribution in [0.2, 0.25) is 10.0 Å². The molecule has 0 radical (unpaired) electrons. The van der Waals surface area contributed by atoms with Crippen LogP contribution in [-0.4, -0.2) is 43.8 Å². The van der Waals surface area contributed by atoms with E-state index in [0.717, 1.165) is 15.9 Å². The maximum absolute atomic E-state index is 15.0. The summed E-state index contributed by atoms with van der Waals surface area (Å²) in [6.45, 7) is 6.22. The van der Waals surface area contributed by atoms with Gasteiger partial charge in [-0.05, 0) is 69.2 Å². The summed E-state index contributed by atoms with van der Waals surface area (Å²) in [6, 6.07) is 14.9. The predicted octanol–water partition coefficient (Wildman–Crippen LogP) is 5.97. The van der Waals surface area contributed by atoms with E-state index in [1.54, 1.807) is 38.1 Å². The lowest BCUT2D eigenvalue weighted by Gasteiger charge is -2.32. The molecule has 214 valence electrons. The fourth-order valence-corrected chi connectivity index (χ4v) is 5.78. The fourth-order valence-electron chi connectivity index (χ4n) is 3.89. The smallest absolute Gasteiger partial charge is 0.264 e. The SMILES string of the molecule is CCC(C)NC(=O)C(C)N(Cc1ccc(Cl)cc1Cl)C(=O)CN(c1ccccc1F)S(=O)(=O)c1ccc(C)cc1. The van der Waals surface area contributed by atoms with E-state index in [-0.39, 0.29) is 28.2 Å². The van der Waals surface area contributed by atoms with Gasteiger partial charge in [0.1, 0.15) is 18.4 Å². The third kappa shape index (κ3) is 7.53. The molecule has 0 heterocycles. The van der Waals surface area contributed by atoms with Gasteiger partial charge < -0.3 is 10.2 Å². The van der Waals surface area contributed by atoms with Gasteiger partial charge in [-0.3, -0.25) is 13.9 Å². The number of aryl methyl sites for hydroxylation is 1. The molecule has 0 bridgehead atoms. The first-order valence-electron chi connectivity index (χ1n) is 12.7. The molecule has 0 fully saturated rings. The third-order valence-corrected chi connectivity index (χ3v) is 8.89. The Kier molecular flexibility index (Phi) is 10.6. The molecule has 0 spiro atoms. The number of sulfonamides is 1. The molecule has 3 rings (SSSR count). The number of para-hydroxylation sites is 1. The molecule has 0 saturated heterocycles. The molecule has 40 heavy (non-hydrogen) atoms. The first-order valence-corrected chi connectivity index (χ1v) is 14.9. The molecule has 3 aromatic rings. The Morgan fingerprint density at radius 3 is 2.25 bits per heavy atom. The van der Waals surface area contributed by atoms with Crippen LogP contribution in [0.15, 0.2) is 71.6 Å². The van der Waals surface area contributed by atoms with E-state index in [0.29, 0.717) is 17.0 Å². The van der Waals surface area contributed by atoms with Gasteiger partial charge in [-0.15, -0.1) is 0 Å². The number of benzene rings is 3. The van der Waals surface area contributed by atoms with E-state index >= 15 is 0 Å². The van der Waals surface area contributed by atoms with Gasteiger partial charge in [0.05, 0.1) is 10.6 Å². The summed E-state index contributed by atoms with van der Waals surface area (Å²) in [5, 5.41) is 3.52. The van der Waals surface area contributed by atoms with E-state index in [1.807, 2.05) is 13.8 Å². The first-order chi connectivity index (χ1) is 18.8. The third-order valence-electron chi connectivity index (χ3n) is 6.53. The minimum atomic E-state index is -4.38. The van der Waals surface area contributed by atoms with E-state index in [4.69, 9.17) is 23.2 Å². The number of nitrogens with one attached hydrogen (secondary N) is 1. The monoisotopic (exact) mass is 607 g/mol. The standard InChI is InChI=1S/C29H32Cl2FN3O4S/c1-5-20(3)33-29(37)21(4)34(17-22-12-13-23(30)16-25(22)31)28(36)18-35(27-9-7-6-8-26(27)32)40(38,39)24-14-10-19(2)11-15-24/h6-16,20-21H,5,17-18H2,1-4H3,(H,33,37). The van der Waals surface area contributed by atoms with Gasteiger partial charge >= 0.3 is 0 Å². The molecular weight excluding hydrogens is 576 g/mol. The Balaban J connectivity index is 2.06. The van der Waals surface area contributed by atoms with Crippen LogP contribution in [0.4, 0.5) is 10.1 Å². The highest BCUT2D eigenvalue weighted by Crippen LogP contribution is 2.28. The molecule has 0 aromatic heterocycles. The van der Waals surface area contributed by atoms with Crippen molar-refractivity contribution in [1.82, 2.24) is 10.2 Å². The zero-order chi connectivity index (χ0) is 29.6. The molecule has 2 amide bonds. The van der Waals surface area contributed by atoms with E-state index in [9.17, 15) is 22.4 Å². The minimum absolute atomic E-state index is 0.107. The minimum Gasteiger partial charge on any atom is -0.352 e. The van der Waals surface area contributed by atoms with Gasteiger partial charge in [-0.25, -0.2) is 12.8 Å². The van der Waals surface area contributed by atoms with Gasteiger partial charge in [0, 0.05) is 22.6 Å². The zero-order valence-electron chi connectivity index (χ0n) is 22.7. The van der Waals surface area contributed by atoms with Gasteiger partial charge in [0.2, 0.25) is 11.8 Å². The number of halogens is 3. The highest BCUT2D eigenvalue weighted by Gasteiger charge is 2.34. The summed E-state index contributed by atoms with van der Waals surface area (Å²) in [6.07, 6.45) is 0.672. The summed E-state index contributed by atoms with van der Waals surface area (Å²) in [5.41, 5.74) is 1.04. The lowest BCUT2D eigenvalue weighted by Crippen LogP contribution is -2.52. The molecule has 0 aliphatic carbocycles. The molecule has 7 nitrogen and oxygen atoms in total. The number of amides is 2. The summed E-state index contributed by atoms with van der Waals surface area (Å²) < 4.78 is 43.2. The van der Waals surface area contributed by atoms with Crippen LogP contribution < -0.4 is 9.62 Å². The summed E-state index contributed by atoms with van der Waals surface area (Å²) in [5.74, 6) is -1.97. The Morgan fingerprint density at radius 1 is 1.00 bits per heavy atom. The summed E-state index contributed by atoms with van der Waals surface area (Å²) in [4.78, 5) is 28.1. The van der Waals surface area contributed by atoms with Crippen molar-refractivity contribution in [2.75, 3.05) is 10.8 Å². The Morgan fingerprint density at radius 2 is 1.65 bits per heavy atom. The lowest BCUT2D eigenvalue weighted by molar-refractivity contribution is -0.139. The van der Waals surface area contributed by atoms with Crippen molar-refractivity contribution in [1.29, 1.82) is 0 Å². The second kappa shape index (κ2) is 13.5. The summed E-state index contributed by atoms with van der Waals surface area (Å²) >= 11 is 12.4. The number of nitrogens with zero attached hydrogens (tertiary/aromatic N) is 2. The Bertz CT molecular complexity index is 1470. The highest BCUT2D eigenvalue weighted by atomic mass is 35.5. The molecular formula is C29H32Cl2FN3O4S. The van der Waals surface area contributed by atoms with Crippen LogP contribution in [0, 0.1) is 12.7 Å². The number of hydrogen-bond donors (Lipinski definition) is 1.